The molecule has 28 heavy (non-hydrogen) atoms. The smallest absolute Gasteiger partial charge is 0.293 e. The Morgan fingerprint density at radius 3 is 2.93 bits per heavy atom. The number of nitrogens with zero attached hydrogens (tertiary/aromatic N) is 2. The summed E-state index contributed by atoms with van der Waals surface area (Å²) in [5.74, 6) is -0.133. The number of phenolic OH excluding ortho intramolecular Hbond substituents is 1. The van der Waals surface area contributed by atoms with Crippen LogP contribution in [0.1, 0.15) is 11.1 Å². The Labute approximate surface area is 172 Å². The topological polar surface area (TPSA) is 95.5 Å². The summed E-state index contributed by atoms with van der Waals surface area (Å²) >= 11 is 4.24. The summed E-state index contributed by atoms with van der Waals surface area (Å²) in [5.41, 5.74) is 2.26. The van der Waals surface area contributed by atoms with Gasteiger partial charge in [-0.25, -0.2) is 4.98 Å². The van der Waals surface area contributed by atoms with Crippen molar-refractivity contribution in [2.24, 2.45) is 0 Å². The normalized spacial score (nSPS) is 15.8. The van der Waals surface area contributed by atoms with Crippen molar-refractivity contribution < 1.29 is 19.4 Å². The number of imide groups is 1. The van der Waals surface area contributed by atoms with Crippen LogP contribution in [0.3, 0.4) is 0 Å². The number of aromatic amines is 1. The first kappa shape index (κ1) is 18.6. The number of halogens is 1. The molecule has 3 heterocycles. The van der Waals surface area contributed by atoms with Gasteiger partial charge in [-0.1, -0.05) is 15.9 Å². The molecule has 1 aromatic carbocycles. The lowest BCUT2D eigenvalue weighted by molar-refractivity contribution is -0.121. The van der Waals surface area contributed by atoms with Crippen LogP contribution in [0.25, 0.3) is 17.1 Å². The largest absolute Gasteiger partial charge is 0.504 e. The number of amides is 2. The van der Waals surface area contributed by atoms with Gasteiger partial charge in [-0.15, -0.1) is 0 Å². The van der Waals surface area contributed by atoms with Crippen LogP contribution in [0.2, 0.25) is 0 Å². The molecular formula is C19H14BrN3O4S. The lowest BCUT2D eigenvalue weighted by atomic mass is 10.2. The molecule has 2 aromatic heterocycles. The van der Waals surface area contributed by atoms with E-state index in [1.54, 1.807) is 18.3 Å². The number of nitrogens with one attached hydrogen (secondary N) is 1. The number of likely N-dealkylation sites (N-methyl/N-ethyl adjacent to an activating group) is 1. The van der Waals surface area contributed by atoms with Crippen molar-refractivity contribution >= 4 is 55.9 Å². The maximum atomic E-state index is 12.1. The van der Waals surface area contributed by atoms with Crippen LogP contribution in [0.4, 0.5) is 4.79 Å². The fourth-order valence-corrected chi connectivity index (χ4v) is 3.96. The van der Waals surface area contributed by atoms with Crippen LogP contribution in [-0.4, -0.2) is 38.2 Å². The van der Waals surface area contributed by atoms with Crippen molar-refractivity contribution in [3.05, 3.63) is 57.2 Å². The van der Waals surface area contributed by atoms with Crippen LogP contribution in [0, 0.1) is 0 Å². The lowest BCUT2D eigenvalue weighted by Crippen LogP contribution is -2.22. The number of phenols is 1. The zero-order valence-electron chi connectivity index (χ0n) is 14.6. The standard InChI is InChI=1S/C19H14BrN3O4S/c1-23-18(25)16(28-19(23)26)6-12-5-15(14(24)7-13(12)20)27-9-10-4-11-2-3-21-17(11)22-8-10/h2-8,24H,9H2,1H3,(H,21,22)/b16-6-. The Bertz CT molecular complexity index is 1140. The van der Waals surface area contributed by atoms with Gasteiger partial charge in [-0.3, -0.25) is 14.5 Å². The first-order valence-electron chi connectivity index (χ1n) is 8.21. The van der Waals surface area contributed by atoms with Crippen LogP contribution in [-0.2, 0) is 11.4 Å². The number of fused-ring (bicyclic) bond motifs is 1. The number of rotatable bonds is 4. The summed E-state index contributed by atoms with van der Waals surface area (Å²) < 4.78 is 6.34. The third-order valence-corrected chi connectivity index (χ3v) is 5.85. The quantitative estimate of drug-likeness (QED) is 0.565. The predicted molar refractivity (Wildman–Crippen MR) is 110 cm³/mol. The maximum absolute atomic E-state index is 12.1. The molecule has 1 saturated heterocycles. The van der Waals surface area contributed by atoms with Gasteiger partial charge >= 0.3 is 0 Å². The van der Waals surface area contributed by atoms with Crippen LogP contribution in [0.15, 0.2) is 46.0 Å². The average Bonchev–Trinajstić information content (AvgIpc) is 3.23. The fourth-order valence-electron chi connectivity index (χ4n) is 2.70. The highest BCUT2D eigenvalue weighted by Gasteiger charge is 2.32. The molecule has 0 saturated carbocycles. The number of benzene rings is 1. The van der Waals surface area contributed by atoms with Crippen LogP contribution < -0.4 is 4.74 Å². The number of hydrogen-bond acceptors (Lipinski definition) is 6. The van der Waals surface area contributed by atoms with E-state index in [-0.39, 0.29) is 29.3 Å². The highest BCUT2D eigenvalue weighted by molar-refractivity contribution is 9.10. The molecule has 2 amide bonds. The van der Waals surface area contributed by atoms with Gasteiger partial charge in [0.2, 0.25) is 0 Å². The number of aromatic hydroxyl groups is 1. The predicted octanol–water partition coefficient (Wildman–Crippen LogP) is 4.28. The Morgan fingerprint density at radius 2 is 2.18 bits per heavy atom. The summed E-state index contributed by atoms with van der Waals surface area (Å²) in [4.78, 5) is 32.5. The lowest BCUT2D eigenvalue weighted by Gasteiger charge is -2.11. The van der Waals surface area contributed by atoms with Crippen molar-refractivity contribution in [3.63, 3.8) is 0 Å². The summed E-state index contributed by atoms with van der Waals surface area (Å²) in [6.07, 6.45) is 5.11. The van der Waals surface area contributed by atoms with Crippen molar-refractivity contribution in [1.29, 1.82) is 0 Å². The molecule has 1 aliphatic rings. The maximum Gasteiger partial charge on any atom is 0.293 e. The summed E-state index contributed by atoms with van der Waals surface area (Å²) in [5, 5.41) is 10.8. The second-order valence-corrected chi connectivity index (χ2v) is 7.98. The first-order valence-corrected chi connectivity index (χ1v) is 9.82. The van der Waals surface area contributed by atoms with Gasteiger partial charge in [0.25, 0.3) is 11.1 Å². The fraction of sp³-hybridized carbons (Fsp3) is 0.105. The molecular weight excluding hydrogens is 446 g/mol. The van der Waals surface area contributed by atoms with Crippen molar-refractivity contribution in [3.8, 4) is 11.5 Å². The van der Waals surface area contributed by atoms with Gasteiger partial charge < -0.3 is 14.8 Å². The van der Waals surface area contributed by atoms with Gasteiger partial charge in [0.15, 0.2) is 11.5 Å². The zero-order chi connectivity index (χ0) is 19.8. The second-order valence-electron chi connectivity index (χ2n) is 6.13. The summed E-state index contributed by atoms with van der Waals surface area (Å²) in [6.45, 7) is 0.216. The minimum Gasteiger partial charge on any atom is -0.504 e. The molecule has 0 spiro atoms. The molecule has 1 fully saturated rings. The van der Waals surface area contributed by atoms with E-state index < -0.39 is 0 Å². The molecule has 3 aromatic rings. The number of carbonyl (C=O) groups is 2. The zero-order valence-corrected chi connectivity index (χ0v) is 17.0. The van der Waals surface area contributed by atoms with E-state index in [2.05, 4.69) is 25.9 Å². The molecule has 0 bridgehead atoms. The minimum absolute atomic E-state index is 0.0386. The number of pyridine rings is 1. The number of ether oxygens (including phenoxy) is 1. The molecule has 142 valence electrons. The Morgan fingerprint density at radius 1 is 1.36 bits per heavy atom. The SMILES string of the molecule is CN1C(=O)S/C(=C\c2cc(OCc3cnc4[nH]ccc4c3)c(O)cc2Br)C1=O. The van der Waals surface area contributed by atoms with E-state index in [4.69, 9.17) is 4.74 Å². The number of hydrogen-bond donors (Lipinski definition) is 2. The molecule has 7 nitrogen and oxygen atoms in total. The van der Waals surface area contributed by atoms with Crippen molar-refractivity contribution in [1.82, 2.24) is 14.9 Å². The highest BCUT2D eigenvalue weighted by Crippen LogP contribution is 2.37. The van der Waals surface area contributed by atoms with E-state index in [0.29, 0.717) is 14.9 Å². The number of thioether (sulfide) groups is 1. The minimum atomic E-state index is -0.358. The molecule has 0 radical (unpaired) electrons. The number of H-pyrrole nitrogens is 1. The Hall–Kier alpha value is -2.78. The number of carbonyl (C=O) groups excluding carboxylic acids is 2. The van der Waals surface area contributed by atoms with E-state index >= 15 is 0 Å². The molecule has 0 unspecified atom stereocenters. The summed E-state index contributed by atoms with van der Waals surface area (Å²) in [7, 11) is 1.44. The molecule has 2 N–H and O–H groups in total. The van der Waals surface area contributed by atoms with Gasteiger partial charge in [0.05, 0.1) is 4.91 Å². The van der Waals surface area contributed by atoms with Gasteiger partial charge in [-0.05, 0) is 47.7 Å². The van der Waals surface area contributed by atoms with E-state index in [9.17, 15) is 14.7 Å². The Balaban J connectivity index is 1.58. The van der Waals surface area contributed by atoms with E-state index in [1.807, 2.05) is 18.3 Å². The molecule has 0 atom stereocenters. The van der Waals surface area contributed by atoms with Crippen molar-refractivity contribution in [2.75, 3.05) is 7.05 Å². The molecule has 9 heteroatoms. The van der Waals surface area contributed by atoms with E-state index in [0.717, 1.165) is 33.3 Å². The first-order chi connectivity index (χ1) is 13.4. The monoisotopic (exact) mass is 459 g/mol. The van der Waals surface area contributed by atoms with Gasteiger partial charge in [-0.2, -0.15) is 0 Å². The van der Waals surface area contributed by atoms with E-state index in [1.165, 1.54) is 13.1 Å². The second kappa shape index (κ2) is 7.33. The third-order valence-electron chi connectivity index (χ3n) is 4.20. The highest BCUT2D eigenvalue weighted by atomic mass is 79.9. The summed E-state index contributed by atoms with van der Waals surface area (Å²) in [6, 6.07) is 6.98. The average molecular weight is 460 g/mol. The van der Waals surface area contributed by atoms with Gasteiger partial charge in [0, 0.05) is 34.9 Å². The molecule has 1 aliphatic heterocycles. The molecule has 4 rings (SSSR count). The van der Waals surface area contributed by atoms with Crippen molar-refractivity contribution in [2.45, 2.75) is 6.61 Å². The number of aromatic nitrogens is 2. The van der Waals surface area contributed by atoms with Crippen LogP contribution >= 0.6 is 27.7 Å². The van der Waals surface area contributed by atoms with Crippen LogP contribution in [0.5, 0.6) is 11.5 Å². The van der Waals surface area contributed by atoms with Gasteiger partial charge in [0.1, 0.15) is 12.3 Å². The Kier molecular flexibility index (Phi) is 4.86. The third kappa shape index (κ3) is 3.50. The molecule has 0 aliphatic carbocycles.